The molecule has 1 amide bonds. The molecule has 3 rings (SSSR count). The van der Waals surface area contributed by atoms with E-state index in [9.17, 15) is 4.79 Å². The Morgan fingerprint density at radius 2 is 1.92 bits per heavy atom. The van der Waals surface area contributed by atoms with Gasteiger partial charge in [-0.05, 0) is 44.2 Å². The van der Waals surface area contributed by atoms with Crippen molar-refractivity contribution in [1.82, 2.24) is 9.88 Å². The Morgan fingerprint density at radius 1 is 1.21 bits per heavy atom. The first kappa shape index (κ1) is 16.6. The van der Waals surface area contributed by atoms with Gasteiger partial charge in [-0.1, -0.05) is 11.6 Å². The van der Waals surface area contributed by atoms with E-state index in [-0.39, 0.29) is 18.1 Å². The van der Waals surface area contributed by atoms with Gasteiger partial charge in [-0.2, -0.15) is 0 Å². The summed E-state index contributed by atoms with van der Waals surface area (Å²) in [6, 6.07) is 10.7. The zero-order valence-electron chi connectivity index (χ0n) is 13.6. The summed E-state index contributed by atoms with van der Waals surface area (Å²) >= 11 is 5.79. The second kappa shape index (κ2) is 7.09. The molecule has 0 saturated carbocycles. The molecular weight excluding hydrogens is 328 g/mol. The van der Waals surface area contributed by atoms with Crippen molar-refractivity contribution in [2.75, 3.05) is 13.1 Å². The normalized spacial score (nSPS) is 14.4. The SMILES string of the molecule is CC(C)Oc1ccc(C(=O)N2CC(Oc3ccc(Cl)cn3)C2)cc1. The largest absolute Gasteiger partial charge is 0.491 e. The van der Waals surface area contributed by atoms with Gasteiger partial charge < -0.3 is 14.4 Å². The molecule has 1 aromatic carbocycles. The minimum absolute atomic E-state index is 0.00462. The van der Waals surface area contributed by atoms with Crippen molar-refractivity contribution >= 4 is 17.5 Å². The Morgan fingerprint density at radius 3 is 2.50 bits per heavy atom. The lowest BCUT2D eigenvalue weighted by molar-refractivity contribution is 0.0160. The molecule has 0 aliphatic carbocycles. The number of pyridine rings is 1. The zero-order chi connectivity index (χ0) is 17.1. The molecule has 0 N–H and O–H groups in total. The van der Waals surface area contributed by atoms with Gasteiger partial charge in [0, 0.05) is 17.8 Å². The van der Waals surface area contributed by atoms with Crippen LogP contribution in [0.3, 0.4) is 0 Å². The van der Waals surface area contributed by atoms with E-state index in [0.717, 1.165) is 5.75 Å². The van der Waals surface area contributed by atoms with Gasteiger partial charge in [-0.25, -0.2) is 4.98 Å². The molecule has 6 heteroatoms. The van der Waals surface area contributed by atoms with Crippen molar-refractivity contribution in [3.05, 3.63) is 53.2 Å². The minimum Gasteiger partial charge on any atom is -0.491 e. The van der Waals surface area contributed by atoms with Crippen LogP contribution >= 0.6 is 11.6 Å². The maximum Gasteiger partial charge on any atom is 0.254 e. The lowest BCUT2D eigenvalue weighted by Crippen LogP contribution is -2.56. The summed E-state index contributed by atoms with van der Waals surface area (Å²) in [6.07, 6.45) is 1.62. The van der Waals surface area contributed by atoms with E-state index in [2.05, 4.69) is 4.98 Å². The van der Waals surface area contributed by atoms with E-state index in [4.69, 9.17) is 21.1 Å². The Labute approximate surface area is 146 Å². The third-order valence-electron chi connectivity index (χ3n) is 3.60. The van der Waals surface area contributed by atoms with Crippen LogP contribution in [0.5, 0.6) is 11.6 Å². The summed E-state index contributed by atoms with van der Waals surface area (Å²) < 4.78 is 11.3. The van der Waals surface area contributed by atoms with E-state index >= 15 is 0 Å². The van der Waals surface area contributed by atoms with E-state index in [1.807, 2.05) is 26.0 Å². The van der Waals surface area contributed by atoms with Crippen LogP contribution in [-0.4, -0.2) is 41.1 Å². The van der Waals surface area contributed by atoms with Crippen molar-refractivity contribution in [2.24, 2.45) is 0 Å². The number of benzene rings is 1. The number of carbonyl (C=O) groups is 1. The maximum absolute atomic E-state index is 12.4. The molecule has 0 atom stereocenters. The van der Waals surface area contributed by atoms with Gasteiger partial charge in [0.1, 0.15) is 11.9 Å². The van der Waals surface area contributed by atoms with Crippen LogP contribution in [0.1, 0.15) is 24.2 Å². The molecule has 0 radical (unpaired) electrons. The molecule has 0 bridgehead atoms. The van der Waals surface area contributed by atoms with Crippen molar-refractivity contribution in [3.8, 4) is 11.6 Å². The van der Waals surface area contributed by atoms with Gasteiger partial charge >= 0.3 is 0 Å². The fraction of sp³-hybridized carbons (Fsp3) is 0.333. The molecule has 24 heavy (non-hydrogen) atoms. The first-order chi connectivity index (χ1) is 11.5. The molecular formula is C18H19ClN2O3. The van der Waals surface area contributed by atoms with Crippen LogP contribution in [-0.2, 0) is 0 Å². The molecule has 5 nitrogen and oxygen atoms in total. The number of carbonyl (C=O) groups excluding carboxylic acids is 1. The standard InChI is InChI=1S/C18H19ClN2O3/c1-12(2)23-15-6-3-13(4-7-15)18(22)21-10-16(11-21)24-17-8-5-14(19)9-20-17/h3-9,12,16H,10-11H2,1-2H3. The third kappa shape index (κ3) is 3.97. The highest BCUT2D eigenvalue weighted by Crippen LogP contribution is 2.21. The highest BCUT2D eigenvalue weighted by atomic mass is 35.5. The predicted octanol–water partition coefficient (Wildman–Crippen LogP) is 3.43. The molecule has 2 aromatic rings. The molecule has 1 saturated heterocycles. The van der Waals surface area contributed by atoms with E-state index in [0.29, 0.717) is 29.6 Å². The van der Waals surface area contributed by atoms with Crippen LogP contribution in [0, 0.1) is 0 Å². The number of halogens is 1. The Kier molecular flexibility index (Phi) is 4.90. The van der Waals surface area contributed by atoms with Crippen LogP contribution in [0.2, 0.25) is 5.02 Å². The second-order valence-corrected chi connectivity index (χ2v) is 6.39. The molecule has 1 fully saturated rings. The van der Waals surface area contributed by atoms with Gasteiger partial charge in [0.25, 0.3) is 5.91 Å². The van der Waals surface area contributed by atoms with Crippen LogP contribution in [0.15, 0.2) is 42.6 Å². The van der Waals surface area contributed by atoms with Crippen LogP contribution < -0.4 is 9.47 Å². The maximum atomic E-state index is 12.4. The highest BCUT2D eigenvalue weighted by molar-refractivity contribution is 6.30. The van der Waals surface area contributed by atoms with Gasteiger partial charge in [-0.3, -0.25) is 4.79 Å². The van der Waals surface area contributed by atoms with Gasteiger partial charge in [0.15, 0.2) is 0 Å². The predicted molar refractivity (Wildman–Crippen MR) is 91.8 cm³/mol. The second-order valence-electron chi connectivity index (χ2n) is 5.96. The summed E-state index contributed by atoms with van der Waals surface area (Å²) in [4.78, 5) is 18.2. The molecule has 0 unspecified atom stereocenters. The Bertz CT molecular complexity index is 695. The number of nitrogens with zero attached hydrogens (tertiary/aromatic N) is 2. The summed E-state index contributed by atoms with van der Waals surface area (Å²) in [6.45, 7) is 5.03. The highest BCUT2D eigenvalue weighted by Gasteiger charge is 2.33. The summed E-state index contributed by atoms with van der Waals surface area (Å²) in [5.41, 5.74) is 0.647. The van der Waals surface area contributed by atoms with Crippen molar-refractivity contribution in [2.45, 2.75) is 26.1 Å². The average Bonchev–Trinajstić information content (AvgIpc) is 2.52. The fourth-order valence-corrected chi connectivity index (χ4v) is 2.52. The smallest absolute Gasteiger partial charge is 0.254 e. The summed E-state index contributed by atoms with van der Waals surface area (Å²) in [5, 5.41) is 0.567. The van der Waals surface area contributed by atoms with Crippen molar-refractivity contribution in [3.63, 3.8) is 0 Å². The van der Waals surface area contributed by atoms with E-state index < -0.39 is 0 Å². The fourth-order valence-electron chi connectivity index (χ4n) is 2.41. The minimum atomic E-state index is -0.0360. The Balaban J connectivity index is 1.51. The molecule has 0 spiro atoms. The molecule has 2 heterocycles. The van der Waals surface area contributed by atoms with Gasteiger partial charge in [-0.15, -0.1) is 0 Å². The number of aromatic nitrogens is 1. The molecule has 126 valence electrons. The van der Waals surface area contributed by atoms with Crippen LogP contribution in [0.25, 0.3) is 0 Å². The first-order valence-electron chi connectivity index (χ1n) is 7.85. The molecule has 1 aliphatic heterocycles. The summed E-state index contributed by atoms with van der Waals surface area (Å²) in [7, 11) is 0. The topological polar surface area (TPSA) is 51.7 Å². The Hall–Kier alpha value is -2.27. The number of amides is 1. The first-order valence-corrected chi connectivity index (χ1v) is 8.23. The van der Waals surface area contributed by atoms with E-state index in [1.165, 1.54) is 0 Å². The lowest BCUT2D eigenvalue weighted by Gasteiger charge is -2.38. The average molecular weight is 347 g/mol. The van der Waals surface area contributed by atoms with Crippen LogP contribution in [0.4, 0.5) is 0 Å². The molecule has 1 aliphatic rings. The molecule has 1 aromatic heterocycles. The quantitative estimate of drug-likeness (QED) is 0.832. The number of ether oxygens (including phenoxy) is 2. The monoisotopic (exact) mass is 346 g/mol. The number of hydrogen-bond acceptors (Lipinski definition) is 4. The number of likely N-dealkylation sites (tertiary alicyclic amines) is 1. The number of hydrogen-bond donors (Lipinski definition) is 0. The van der Waals surface area contributed by atoms with Crippen molar-refractivity contribution in [1.29, 1.82) is 0 Å². The summed E-state index contributed by atoms with van der Waals surface area (Å²) in [5.74, 6) is 1.28. The van der Waals surface area contributed by atoms with E-state index in [1.54, 1.807) is 35.4 Å². The van der Waals surface area contributed by atoms with Crippen molar-refractivity contribution < 1.29 is 14.3 Å². The third-order valence-corrected chi connectivity index (χ3v) is 3.82. The lowest BCUT2D eigenvalue weighted by atomic mass is 10.1. The zero-order valence-corrected chi connectivity index (χ0v) is 14.4. The number of rotatable bonds is 5. The van der Waals surface area contributed by atoms with Gasteiger partial charge in [0.2, 0.25) is 5.88 Å². The van der Waals surface area contributed by atoms with Gasteiger partial charge in [0.05, 0.1) is 24.2 Å².